The third kappa shape index (κ3) is 7.44. The summed E-state index contributed by atoms with van der Waals surface area (Å²) >= 11 is 0. The molecule has 2 aromatic heterocycles. The number of nitrogens with one attached hydrogen (secondary N) is 1. The number of benzene rings is 1. The molecule has 0 unspecified atom stereocenters. The van der Waals surface area contributed by atoms with Crippen LogP contribution in [-0.4, -0.2) is 85.6 Å². The number of hydrogen-bond donors (Lipinski definition) is 1. The van der Waals surface area contributed by atoms with Gasteiger partial charge in [0.25, 0.3) is 5.91 Å². The normalized spacial score (nSPS) is 15.6. The zero-order valence-corrected chi connectivity index (χ0v) is 22.5. The number of hydrogen-bond acceptors (Lipinski definition) is 10. The Hall–Kier alpha value is -4.20. The van der Waals surface area contributed by atoms with Crippen LogP contribution in [0.3, 0.4) is 0 Å². The molecule has 1 fully saturated rings. The van der Waals surface area contributed by atoms with E-state index in [-0.39, 0.29) is 36.5 Å². The number of aromatic nitrogens is 6. The van der Waals surface area contributed by atoms with Crippen molar-refractivity contribution in [2.45, 2.75) is 52.5 Å². The number of morpholine rings is 1. The standard InChI is InChI=1S/C25H31FN8O5/c1-15-28-19(11-20(29-15)23(35)27-12-16-6-7-18(26)21(10-16)37-5)22-30-32-34(31-22)14-17-13-33(8-9-38-17)24(36)39-25(2,3)4/h6-7,10-11,17H,8-9,12-14H2,1-5H3,(H,27,35)/t17-/m0/s1. The number of ether oxygens (including phenoxy) is 3. The summed E-state index contributed by atoms with van der Waals surface area (Å²) in [5.74, 6) is -0.291. The first-order chi connectivity index (χ1) is 18.5. The van der Waals surface area contributed by atoms with Crippen molar-refractivity contribution in [3.8, 4) is 17.3 Å². The molecule has 1 aliphatic heterocycles. The molecule has 2 amide bonds. The quantitative estimate of drug-likeness (QED) is 0.471. The van der Waals surface area contributed by atoms with E-state index in [4.69, 9.17) is 14.2 Å². The lowest BCUT2D eigenvalue weighted by atomic mass is 10.2. The minimum absolute atomic E-state index is 0.0900. The van der Waals surface area contributed by atoms with E-state index in [0.717, 1.165) is 0 Å². The van der Waals surface area contributed by atoms with Gasteiger partial charge in [0.05, 0.1) is 32.9 Å². The van der Waals surface area contributed by atoms with E-state index in [9.17, 15) is 14.0 Å². The summed E-state index contributed by atoms with van der Waals surface area (Å²) in [4.78, 5) is 36.7. The number of carbonyl (C=O) groups is 2. The lowest BCUT2D eigenvalue weighted by Gasteiger charge is -2.33. The number of tetrazole rings is 1. The van der Waals surface area contributed by atoms with Crippen molar-refractivity contribution in [1.82, 2.24) is 40.4 Å². The Labute approximate surface area is 224 Å². The molecule has 0 aliphatic carbocycles. The fourth-order valence-electron chi connectivity index (χ4n) is 3.81. The lowest BCUT2D eigenvalue weighted by molar-refractivity contribution is -0.0497. The van der Waals surface area contributed by atoms with E-state index in [0.29, 0.717) is 36.8 Å². The maximum Gasteiger partial charge on any atom is 0.410 e. The molecule has 14 heteroatoms. The van der Waals surface area contributed by atoms with Gasteiger partial charge in [-0.2, -0.15) is 4.80 Å². The van der Waals surface area contributed by atoms with Gasteiger partial charge in [0, 0.05) is 13.1 Å². The van der Waals surface area contributed by atoms with E-state index in [1.165, 1.54) is 30.1 Å². The van der Waals surface area contributed by atoms with Gasteiger partial charge in [-0.3, -0.25) is 4.79 Å². The van der Waals surface area contributed by atoms with Crippen LogP contribution < -0.4 is 10.1 Å². The molecule has 39 heavy (non-hydrogen) atoms. The van der Waals surface area contributed by atoms with Crippen molar-refractivity contribution < 1.29 is 28.2 Å². The van der Waals surface area contributed by atoms with Crippen molar-refractivity contribution in [1.29, 1.82) is 0 Å². The SMILES string of the molecule is COc1cc(CNC(=O)c2cc(-c3nnn(C[C@@H]4CN(C(=O)OC(C)(C)C)CCO4)n3)nc(C)n2)ccc1F. The molecule has 208 valence electrons. The summed E-state index contributed by atoms with van der Waals surface area (Å²) in [7, 11) is 1.37. The second-order valence-corrected chi connectivity index (χ2v) is 9.92. The Morgan fingerprint density at radius 1 is 1.23 bits per heavy atom. The maximum absolute atomic E-state index is 13.6. The molecule has 3 aromatic rings. The number of methoxy groups -OCH3 is 1. The van der Waals surface area contributed by atoms with Crippen LogP contribution in [0.1, 0.15) is 42.6 Å². The first-order valence-electron chi connectivity index (χ1n) is 12.3. The summed E-state index contributed by atoms with van der Waals surface area (Å²) in [5.41, 5.74) is 0.508. The minimum Gasteiger partial charge on any atom is -0.494 e. The first-order valence-corrected chi connectivity index (χ1v) is 12.3. The predicted octanol–water partition coefficient (Wildman–Crippen LogP) is 2.15. The Balaban J connectivity index is 1.40. The molecular weight excluding hydrogens is 511 g/mol. The van der Waals surface area contributed by atoms with Crippen LogP contribution in [0, 0.1) is 12.7 Å². The Morgan fingerprint density at radius 3 is 2.77 bits per heavy atom. The molecule has 0 radical (unpaired) electrons. The molecule has 0 saturated carbocycles. The topological polar surface area (TPSA) is 146 Å². The summed E-state index contributed by atoms with van der Waals surface area (Å²) in [5, 5.41) is 15.3. The van der Waals surface area contributed by atoms with Crippen molar-refractivity contribution in [2.75, 3.05) is 26.8 Å². The molecule has 1 saturated heterocycles. The van der Waals surface area contributed by atoms with E-state index in [2.05, 4.69) is 30.7 Å². The summed E-state index contributed by atoms with van der Waals surface area (Å²) in [6.45, 7) is 8.61. The second kappa shape index (κ2) is 11.7. The maximum atomic E-state index is 13.6. The lowest BCUT2D eigenvalue weighted by Crippen LogP contribution is -2.48. The Kier molecular flexibility index (Phi) is 8.33. The highest BCUT2D eigenvalue weighted by Gasteiger charge is 2.29. The smallest absolute Gasteiger partial charge is 0.410 e. The molecule has 0 spiro atoms. The highest BCUT2D eigenvalue weighted by Crippen LogP contribution is 2.19. The third-order valence-electron chi connectivity index (χ3n) is 5.58. The molecule has 1 aromatic carbocycles. The zero-order valence-electron chi connectivity index (χ0n) is 22.5. The van der Waals surface area contributed by atoms with E-state index < -0.39 is 23.4 Å². The highest BCUT2D eigenvalue weighted by molar-refractivity contribution is 5.93. The van der Waals surface area contributed by atoms with Crippen LogP contribution >= 0.6 is 0 Å². The fraction of sp³-hybridized carbons (Fsp3) is 0.480. The number of halogens is 1. The van der Waals surface area contributed by atoms with Crippen LogP contribution in [0.2, 0.25) is 0 Å². The van der Waals surface area contributed by atoms with Crippen molar-refractivity contribution in [3.05, 3.63) is 47.2 Å². The van der Waals surface area contributed by atoms with Crippen LogP contribution in [0.5, 0.6) is 5.75 Å². The van der Waals surface area contributed by atoms with E-state index in [1.54, 1.807) is 17.9 Å². The summed E-state index contributed by atoms with van der Waals surface area (Å²) in [6.07, 6.45) is -0.754. The van der Waals surface area contributed by atoms with Gasteiger partial charge in [-0.15, -0.1) is 10.2 Å². The van der Waals surface area contributed by atoms with Crippen molar-refractivity contribution in [3.63, 3.8) is 0 Å². The predicted molar refractivity (Wildman–Crippen MR) is 135 cm³/mol. The largest absolute Gasteiger partial charge is 0.494 e. The molecular formula is C25H31FN8O5. The molecule has 0 bridgehead atoms. The highest BCUT2D eigenvalue weighted by atomic mass is 19.1. The van der Waals surface area contributed by atoms with Gasteiger partial charge in [-0.05, 0) is 56.7 Å². The molecule has 1 atom stereocenters. The number of rotatable bonds is 7. The average Bonchev–Trinajstić information content (AvgIpc) is 3.35. The van der Waals surface area contributed by atoms with Gasteiger partial charge in [0.2, 0.25) is 5.82 Å². The van der Waals surface area contributed by atoms with Crippen LogP contribution in [0.15, 0.2) is 24.3 Å². The van der Waals surface area contributed by atoms with Gasteiger partial charge in [-0.1, -0.05) is 6.07 Å². The monoisotopic (exact) mass is 542 g/mol. The summed E-state index contributed by atoms with van der Waals surface area (Å²) in [6, 6.07) is 5.81. The van der Waals surface area contributed by atoms with Gasteiger partial charge in [0.15, 0.2) is 11.6 Å². The molecule has 1 N–H and O–H groups in total. The number of carbonyl (C=O) groups excluding carboxylic acids is 2. The van der Waals surface area contributed by atoms with E-state index >= 15 is 0 Å². The minimum atomic E-state index is -0.590. The van der Waals surface area contributed by atoms with Crippen LogP contribution in [-0.2, 0) is 22.6 Å². The Bertz CT molecular complexity index is 1340. The Morgan fingerprint density at radius 2 is 2.03 bits per heavy atom. The number of amides is 2. The molecule has 13 nitrogen and oxygen atoms in total. The van der Waals surface area contributed by atoms with Gasteiger partial charge >= 0.3 is 6.09 Å². The third-order valence-corrected chi connectivity index (χ3v) is 5.58. The van der Waals surface area contributed by atoms with Crippen LogP contribution in [0.25, 0.3) is 11.5 Å². The van der Waals surface area contributed by atoms with Crippen molar-refractivity contribution in [2.24, 2.45) is 0 Å². The number of aryl methyl sites for hydroxylation is 1. The fourth-order valence-corrected chi connectivity index (χ4v) is 3.81. The van der Waals surface area contributed by atoms with Gasteiger partial charge in [-0.25, -0.2) is 19.2 Å². The second-order valence-electron chi connectivity index (χ2n) is 9.92. The van der Waals surface area contributed by atoms with E-state index in [1.807, 2.05) is 20.8 Å². The summed E-state index contributed by atoms with van der Waals surface area (Å²) < 4.78 is 29.9. The molecule has 3 heterocycles. The zero-order chi connectivity index (χ0) is 28.2. The molecule has 1 aliphatic rings. The average molecular weight is 543 g/mol. The number of nitrogens with zero attached hydrogens (tertiary/aromatic N) is 7. The van der Waals surface area contributed by atoms with Crippen LogP contribution in [0.4, 0.5) is 9.18 Å². The van der Waals surface area contributed by atoms with Gasteiger partial charge in [0.1, 0.15) is 22.8 Å². The van der Waals surface area contributed by atoms with Gasteiger partial charge < -0.3 is 24.4 Å². The first kappa shape index (κ1) is 27.8. The molecule has 4 rings (SSSR count). The van der Waals surface area contributed by atoms with Crippen molar-refractivity contribution >= 4 is 12.0 Å².